The molecule has 5 rings (SSSR count). The summed E-state index contributed by atoms with van der Waals surface area (Å²) in [6.45, 7) is 8.49. The molecule has 0 amide bonds. The minimum Gasteiger partial charge on any atom is -0.348 e. The van der Waals surface area contributed by atoms with Crippen LogP contribution in [-0.2, 0) is 5.41 Å². The van der Waals surface area contributed by atoms with Crippen molar-refractivity contribution in [1.29, 1.82) is 0 Å². The molecule has 2 aliphatic rings. The van der Waals surface area contributed by atoms with Gasteiger partial charge >= 0.3 is 0 Å². The van der Waals surface area contributed by atoms with Gasteiger partial charge in [-0.15, -0.1) is 5.10 Å². The lowest BCUT2D eigenvalue weighted by Crippen LogP contribution is -2.25. The summed E-state index contributed by atoms with van der Waals surface area (Å²) < 4.78 is 1.94. The van der Waals surface area contributed by atoms with Gasteiger partial charge in [-0.25, -0.2) is 4.68 Å². The van der Waals surface area contributed by atoms with Crippen LogP contribution in [0.4, 0.5) is 5.69 Å². The molecule has 1 aliphatic heterocycles. The fourth-order valence-corrected chi connectivity index (χ4v) is 4.81. The molecule has 1 spiro atoms. The number of nitrogens with zero attached hydrogens (tertiary/aromatic N) is 4. The molecule has 0 unspecified atom stereocenters. The third-order valence-corrected chi connectivity index (χ3v) is 6.24. The normalized spacial score (nSPS) is 18.0. The molecule has 1 aromatic heterocycles. The summed E-state index contributed by atoms with van der Waals surface area (Å²) in [5.74, 6) is 0. The second kappa shape index (κ2) is 5.31. The zero-order valence-corrected chi connectivity index (χ0v) is 15.1. The van der Waals surface area contributed by atoms with Crippen LogP contribution in [0.5, 0.6) is 0 Å². The Bertz CT molecular complexity index is 1050. The van der Waals surface area contributed by atoms with E-state index in [9.17, 15) is 0 Å². The lowest BCUT2D eigenvalue weighted by atomic mass is 9.78. The van der Waals surface area contributed by atoms with E-state index in [4.69, 9.17) is 0 Å². The highest BCUT2D eigenvalue weighted by molar-refractivity contribution is 5.81. The number of hydrogen-bond donors (Lipinski definition) is 0. The molecule has 2 heterocycles. The molecule has 1 fully saturated rings. The van der Waals surface area contributed by atoms with Crippen LogP contribution in [0.2, 0.25) is 0 Å². The standard InChI is InChI=1S/C22H22N4/c1-4-16-13-21-17(22(11-7-8-12-22)15(2)25(21)3)14-20(16)26-19-10-6-5-9-18(19)23-24-26/h4-6,9-10,13-14H,1-2,7-8,11-12H2,3H3. The molecule has 0 atom stereocenters. The minimum absolute atomic E-state index is 0.0783. The highest BCUT2D eigenvalue weighted by atomic mass is 15.4. The zero-order valence-electron chi connectivity index (χ0n) is 15.1. The van der Waals surface area contributed by atoms with Gasteiger partial charge in [0, 0.05) is 29.4 Å². The molecule has 130 valence electrons. The van der Waals surface area contributed by atoms with Crippen LogP contribution in [0.15, 0.2) is 55.3 Å². The van der Waals surface area contributed by atoms with E-state index in [0.717, 1.165) is 22.3 Å². The molecular formula is C22H22N4. The van der Waals surface area contributed by atoms with Crippen molar-refractivity contribution in [2.24, 2.45) is 0 Å². The van der Waals surface area contributed by atoms with Gasteiger partial charge in [-0.3, -0.25) is 0 Å². The number of aromatic nitrogens is 3. The number of rotatable bonds is 2. The molecule has 0 N–H and O–H groups in total. The fourth-order valence-electron chi connectivity index (χ4n) is 4.81. The quantitative estimate of drug-likeness (QED) is 0.668. The first kappa shape index (κ1) is 15.4. The van der Waals surface area contributed by atoms with E-state index in [2.05, 4.69) is 53.6 Å². The number of likely N-dealkylation sites (N-methyl/N-ethyl adjacent to an activating group) is 1. The molecule has 0 bridgehead atoms. The molecule has 4 nitrogen and oxygen atoms in total. The minimum atomic E-state index is 0.0783. The van der Waals surface area contributed by atoms with Gasteiger partial charge in [-0.1, -0.05) is 49.4 Å². The van der Waals surface area contributed by atoms with E-state index in [-0.39, 0.29) is 5.41 Å². The third kappa shape index (κ3) is 1.84. The average molecular weight is 342 g/mol. The van der Waals surface area contributed by atoms with Crippen LogP contribution in [-0.4, -0.2) is 22.0 Å². The van der Waals surface area contributed by atoms with Crippen molar-refractivity contribution in [2.75, 3.05) is 11.9 Å². The second-order valence-corrected chi connectivity index (χ2v) is 7.42. The summed E-state index contributed by atoms with van der Waals surface area (Å²) in [6.07, 6.45) is 6.78. The van der Waals surface area contributed by atoms with Crippen molar-refractivity contribution in [3.8, 4) is 5.69 Å². The van der Waals surface area contributed by atoms with Gasteiger partial charge in [0.25, 0.3) is 0 Å². The maximum absolute atomic E-state index is 4.45. The van der Waals surface area contributed by atoms with Gasteiger partial charge < -0.3 is 4.90 Å². The van der Waals surface area contributed by atoms with E-state index < -0.39 is 0 Å². The maximum Gasteiger partial charge on any atom is 0.113 e. The van der Waals surface area contributed by atoms with Gasteiger partial charge in [-0.2, -0.15) is 0 Å². The van der Waals surface area contributed by atoms with Gasteiger partial charge in [-0.05, 0) is 42.7 Å². The first-order valence-corrected chi connectivity index (χ1v) is 9.20. The molecule has 3 aromatic rings. The second-order valence-electron chi connectivity index (χ2n) is 7.42. The molecular weight excluding hydrogens is 320 g/mol. The van der Waals surface area contributed by atoms with Crippen molar-refractivity contribution in [3.63, 3.8) is 0 Å². The summed E-state index contributed by atoms with van der Waals surface area (Å²) in [5, 5.41) is 8.77. The van der Waals surface area contributed by atoms with Crippen molar-refractivity contribution < 1.29 is 0 Å². The van der Waals surface area contributed by atoms with Gasteiger partial charge in [0.1, 0.15) is 5.52 Å². The Morgan fingerprint density at radius 3 is 2.65 bits per heavy atom. The molecule has 4 heteroatoms. The summed E-state index contributed by atoms with van der Waals surface area (Å²) in [7, 11) is 2.13. The molecule has 1 aliphatic carbocycles. The lowest BCUT2D eigenvalue weighted by Gasteiger charge is -2.27. The summed E-state index contributed by atoms with van der Waals surface area (Å²) >= 11 is 0. The van der Waals surface area contributed by atoms with Crippen LogP contribution in [0.1, 0.15) is 36.8 Å². The van der Waals surface area contributed by atoms with Crippen LogP contribution >= 0.6 is 0 Å². The molecule has 0 saturated heterocycles. The summed E-state index contributed by atoms with van der Waals surface area (Å²) in [5.41, 5.74) is 7.95. The molecule has 0 radical (unpaired) electrons. The predicted octanol–water partition coefficient (Wildman–Crippen LogP) is 4.84. The van der Waals surface area contributed by atoms with E-state index in [0.29, 0.717) is 0 Å². The monoisotopic (exact) mass is 342 g/mol. The largest absolute Gasteiger partial charge is 0.348 e. The van der Waals surface area contributed by atoms with Gasteiger partial charge in [0.05, 0.1) is 11.2 Å². The topological polar surface area (TPSA) is 34.0 Å². The number of allylic oxidation sites excluding steroid dienone is 1. The molecule has 26 heavy (non-hydrogen) atoms. The Balaban J connectivity index is 1.79. The Kier molecular flexibility index (Phi) is 3.14. The first-order chi connectivity index (χ1) is 12.7. The SMILES string of the molecule is C=Cc1cc2c(cc1-n1nnc3ccccc31)C1(CCCC1)C(=C)N2C. The van der Waals surface area contributed by atoms with Crippen molar-refractivity contribution >= 4 is 22.8 Å². The van der Waals surface area contributed by atoms with Gasteiger partial charge in [0.2, 0.25) is 0 Å². The molecule has 1 saturated carbocycles. The van der Waals surface area contributed by atoms with Crippen molar-refractivity contribution in [3.05, 3.63) is 66.4 Å². The van der Waals surface area contributed by atoms with E-state index in [1.807, 2.05) is 29.0 Å². The Morgan fingerprint density at radius 1 is 1.12 bits per heavy atom. The highest BCUT2D eigenvalue weighted by Crippen LogP contribution is 2.56. The molecule has 2 aromatic carbocycles. The van der Waals surface area contributed by atoms with E-state index in [1.54, 1.807) is 0 Å². The Hall–Kier alpha value is -2.88. The average Bonchev–Trinajstić information content (AvgIpc) is 3.37. The Morgan fingerprint density at radius 2 is 1.88 bits per heavy atom. The van der Waals surface area contributed by atoms with Gasteiger partial charge in [0.15, 0.2) is 0 Å². The number of anilines is 1. The number of para-hydroxylation sites is 1. The zero-order chi connectivity index (χ0) is 17.9. The lowest BCUT2D eigenvalue weighted by molar-refractivity contribution is 0.537. The highest BCUT2D eigenvalue weighted by Gasteiger charge is 2.47. The Labute approximate surface area is 153 Å². The smallest absolute Gasteiger partial charge is 0.113 e. The third-order valence-electron chi connectivity index (χ3n) is 6.24. The van der Waals surface area contributed by atoms with Crippen LogP contribution in [0, 0.1) is 0 Å². The summed E-state index contributed by atoms with van der Waals surface area (Å²) in [4.78, 5) is 2.26. The van der Waals surface area contributed by atoms with E-state index >= 15 is 0 Å². The fraction of sp³-hybridized carbons (Fsp3) is 0.273. The van der Waals surface area contributed by atoms with Crippen molar-refractivity contribution in [2.45, 2.75) is 31.1 Å². The van der Waals surface area contributed by atoms with E-state index in [1.165, 1.54) is 42.6 Å². The van der Waals surface area contributed by atoms with Crippen LogP contribution in [0.3, 0.4) is 0 Å². The summed E-state index contributed by atoms with van der Waals surface area (Å²) in [6, 6.07) is 12.6. The number of fused-ring (bicyclic) bond motifs is 3. The van der Waals surface area contributed by atoms with Crippen LogP contribution < -0.4 is 4.90 Å². The number of hydrogen-bond acceptors (Lipinski definition) is 3. The first-order valence-electron chi connectivity index (χ1n) is 9.20. The maximum atomic E-state index is 4.45. The predicted molar refractivity (Wildman–Crippen MR) is 107 cm³/mol. The van der Waals surface area contributed by atoms with Crippen LogP contribution in [0.25, 0.3) is 22.8 Å². The van der Waals surface area contributed by atoms with Crippen molar-refractivity contribution in [1.82, 2.24) is 15.0 Å². The number of benzene rings is 2.